The lowest BCUT2D eigenvalue weighted by atomic mass is 9.67. The van der Waals surface area contributed by atoms with Gasteiger partial charge in [0.15, 0.2) is 0 Å². The first-order valence-electron chi connectivity index (χ1n) is 41.8. The highest BCUT2D eigenvalue weighted by molar-refractivity contribution is 6.16. The SMILES string of the molecule is CC1(C)c2ccccc2-c2ccc(-n3c4ccccc4c4cc(-c5ccc6c(c5)c5ccccc5n6-c5ccc(-c6ccccc6)cc5)ccc43)cc21.c1ccc(-c2ccc3c(c2)c2cc(-c4ccc5c(c4)c4ccccc4n5-c4ccc5ccccc5c4)ccc2n3-c2ccc3c(c2)C(c2ccccc2)(c2ccccc2)c2ccccc2-3)cc1. The summed E-state index contributed by atoms with van der Waals surface area (Å²) < 4.78 is 9.76. The highest BCUT2D eigenvalue weighted by Gasteiger charge is 2.46. The lowest BCUT2D eigenvalue weighted by Crippen LogP contribution is -2.28. The van der Waals surface area contributed by atoms with E-state index in [1.54, 1.807) is 0 Å². The van der Waals surface area contributed by atoms with Gasteiger partial charge in [0.05, 0.1) is 49.5 Å². The number of hydrogen-bond donors (Lipinski definition) is 0. The fourth-order valence-electron chi connectivity index (χ4n) is 20.7. The minimum absolute atomic E-state index is 0.0543. The van der Waals surface area contributed by atoms with Gasteiger partial charge in [0, 0.05) is 71.3 Å². The molecule has 4 heteroatoms. The monoisotopic (exact) mass is 1530 g/mol. The van der Waals surface area contributed by atoms with E-state index in [1.807, 2.05) is 0 Å². The third-order valence-corrected chi connectivity index (χ3v) is 26.3. The minimum atomic E-state index is -0.493. The zero-order valence-electron chi connectivity index (χ0n) is 66.4. The smallest absolute Gasteiger partial charge is 0.0714 e. The van der Waals surface area contributed by atoms with Crippen molar-refractivity contribution in [3.63, 3.8) is 0 Å². The Labute approximate surface area is 695 Å². The summed E-state index contributed by atoms with van der Waals surface area (Å²) >= 11 is 0. The molecule has 4 nitrogen and oxygen atoms in total. The summed E-state index contributed by atoms with van der Waals surface area (Å²) in [6.07, 6.45) is 0. The standard InChI is InChI=1S/C65H42N2.C51H36N2/c1-4-16-43(17-5-1)46-29-35-63-57(39-46)58-41-48(47-30-36-62-56(40-47)55-25-13-15-27-61(55)66(62)51-32-28-44-18-10-11-19-45(44)38-51)31-37-64(58)67(63)52-33-34-54-53-24-12-14-26-59(53)65(60(54)42-52,49-20-6-2-7-21-49)50-22-8-3-9-23-50;1-51(2)45-17-9-6-14-39(45)40-27-26-38(32-46(40)51)53-48-19-11-8-16-42(48)44-31-36(23-29-50(44)53)35-22-28-49-43(30-35)41-15-7-10-18-47(41)52(49)37-24-20-34(21-25-37)33-12-4-3-5-13-33/h1-42H;3-32H,1-2H3. The number of nitrogens with zero attached hydrogens (tertiary/aromatic N) is 4. The van der Waals surface area contributed by atoms with E-state index < -0.39 is 5.41 Å². The minimum Gasteiger partial charge on any atom is -0.309 e. The Bertz CT molecular complexity index is 8050. The molecule has 0 amide bonds. The molecule has 0 saturated heterocycles. The van der Waals surface area contributed by atoms with E-state index in [9.17, 15) is 0 Å². The fourth-order valence-corrected chi connectivity index (χ4v) is 20.7. The molecule has 0 spiro atoms. The molecule has 0 fully saturated rings. The molecule has 0 saturated carbocycles. The van der Waals surface area contributed by atoms with E-state index >= 15 is 0 Å². The van der Waals surface area contributed by atoms with Gasteiger partial charge in [-0.2, -0.15) is 0 Å². The van der Waals surface area contributed by atoms with E-state index in [0.29, 0.717) is 0 Å². The van der Waals surface area contributed by atoms with Crippen LogP contribution in [0, 0.1) is 0 Å². The summed E-state index contributed by atoms with van der Waals surface area (Å²) in [5, 5.41) is 12.5. The molecule has 4 aromatic heterocycles. The molecule has 2 aliphatic carbocycles. The third-order valence-electron chi connectivity index (χ3n) is 26.3. The van der Waals surface area contributed by atoms with Crippen molar-refractivity contribution in [1.29, 1.82) is 0 Å². The quantitative estimate of drug-likeness (QED) is 0.130. The third kappa shape index (κ3) is 10.6. The van der Waals surface area contributed by atoms with Crippen molar-refractivity contribution in [2.45, 2.75) is 24.7 Å². The topological polar surface area (TPSA) is 19.7 Å². The van der Waals surface area contributed by atoms with E-state index in [1.165, 1.54) is 210 Å². The van der Waals surface area contributed by atoms with Crippen LogP contribution in [0.25, 0.3) is 188 Å². The van der Waals surface area contributed by atoms with Crippen LogP contribution >= 0.6 is 0 Å². The molecule has 2 aliphatic rings. The van der Waals surface area contributed by atoms with Crippen LogP contribution in [0.2, 0.25) is 0 Å². The number of aromatic nitrogens is 4. The lowest BCUT2D eigenvalue weighted by molar-refractivity contribution is 0.660. The number of fused-ring (bicyclic) bond motifs is 19. The molecule has 120 heavy (non-hydrogen) atoms. The van der Waals surface area contributed by atoms with Crippen LogP contribution < -0.4 is 0 Å². The number of rotatable bonds is 10. The van der Waals surface area contributed by atoms with Crippen LogP contribution in [0.4, 0.5) is 0 Å². The molecule has 0 atom stereocenters. The van der Waals surface area contributed by atoms with E-state index in [-0.39, 0.29) is 5.41 Å². The fraction of sp³-hybridized carbons (Fsp3) is 0.0345. The highest BCUT2D eigenvalue weighted by Crippen LogP contribution is 2.58. The normalized spacial score (nSPS) is 13.1. The van der Waals surface area contributed by atoms with Crippen molar-refractivity contribution in [2.24, 2.45) is 0 Å². The number of para-hydroxylation sites is 3. The summed E-state index contributed by atoms with van der Waals surface area (Å²) in [7, 11) is 0. The van der Waals surface area contributed by atoms with Gasteiger partial charge in [-0.1, -0.05) is 323 Å². The van der Waals surface area contributed by atoms with Gasteiger partial charge in [-0.25, -0.2) is 0 Å². The molecular formula is C116H78N4. The van der Waals surface area contributed by atoms with Gasteiger partial charge in [0.25, 0.3) is 0 Å². The summed E-state index contributed by atoms with van der Waals surface area (Å²) in [6, 6.07) is 162. The van der Waals surface area contributed by atoms with Crippen molar-refractivity contribution in [1.82, 2.24) is 18.3 Å². The molecule has 0 unspecified atom stereocenters. The molecule has 0 aliphatic heterocycles. The molecule has 0 bridgehead atoms. The molecule has 19 aromatic carbocycles. The van der Waals surface area contributed by atoms with Crippen molar-refractivity contribution in [3.8, 4) is 89.5 Å². The van der Waals surface area contributed by atoms with Crippen molar-refractivity contribution in [2.75, 3.05) is 0 Å². The van der Waals surface area contributed by atoms with Gasteiger partial charge in [-0.05, 0) is 238 Å². The Balaban J connectivity index is 0.000000140. The zero-order valence-corrected chi connectivity index (χ0v) is 66.4. The Morgan fingerprint density at radius 2 is 0.458 bits per heavy atom. The maximum atomic E-state index is 2.49. The largest absolute Gasteiger partial charge is 0.309 e. The molecule has 0 N–H and O–H groups in total. The lowest BCUT2D eigenvalue weighted by Gasteiger charge is -2.34. The molecule has 23 aromatic rings. The average molecular weight is 1530 g/mol. The number of hydrogen-bond acceptors (Lipinski definition) is 0. The Morgan fingerprint density at radius 3 is 0.933 bits per heavy atom. The van der Waals surface area contributed by atoms with Crippen LogP contribution in [-0.2, 0) is 10.8 Å². The highest BCUT2D eigenvalue weighted by atomic mass is 15.0. The summed E-state index contributed by atoms with van der Waals surface area (Å²) in [5.74, 6) is 0. The number of benzene rings is 19. The predicted molar refractivity (Wildman–Crippen MR) is 504 cm³/mol. The van der Waals surface area contributed by atoms with Crippen LogP contribution in [0.1, 0.15) is 47.2 Å². The van der Waals surface area contributed by atoms with E-state index in [0.717, 1.165) is 11.4 Å². The Hall–Kier alpha value is -15.4. The van der Waals surface area contributed by atoms with Gasteiger partial charge < -0.3 is 18.3 Å². The Morgan fingerprint density at radius 1 is 0.167 bits per heavy atom. The van der Waals surface area contributed by atoms with Crippen LogP contribution in [-0.4, -0.2) is 18.3 Å². The van der Waals surface area contributed by atoms with Crippen molar-refractivity contribution in [3.05, 3.63) is 470 Å². The van der Waals surface area contributed by atoms with E-state index in [4.69, 9.17) is 0 Å². The summed E-state index contributed by atoms with van der Waals surface area (Å²) in [6.45, 7) is 4.71. The predicted octanol–water partition coefficient (Wildman–Crippen LogP) is 30.3. The maximum absolute atomic E-state index is 2.49. The Kier molecular flexibility index (Phi) is 15.6. The van der Waals surface area contributed by atoms with Gasteiger partial charge in [0.2, 0.25) is 0 Å². The second-order valence-electron chi connectivity index (χ2n) is 33.0. The van der Waals surface area contributed by atoms with Crippen LogP contribution in [0.5, 0.6) is 0 Å². The first-order valence-corrected chi connectivity index (χ1v) is 41.8. The van der Waals surface area contributed by atoms with E-state index in [2.05, 4.69) is 469 Å². The van der Waals surface area contributed by atoms with Gasteiger partial charge in [-0.3, -0.25) is 0 Å². The van der Waals surface area contributed by atoms with Gasteiger partial charge in [0.1, 0.15) is 0 Å². The van der Waals surface area contributed by atoms with Gasteiger partial charge >= 0.3 is 0 Å². The molecule has 4 heterocycles. The van der Waals surface area contributed by atoms with Crippen LogP contribution in [0.15, 0.2) is 437 Å². The maximum Gasteiger partial charge on any atom is 0.0714 e. The van der Waals surface area contributed by atoms with Gasteiger partial charge in [-0.15, -0.1) is 0 Å². The second kappa shape index (κ2) is 27.1. The average Bonchev–Trinajstić information content (AvgIpc) is 1.53. The first kappa shape index (κ1) is 69.0. The summed E-state index contributed by atoms with van der Waals surface area (Å²) in [4.78, 5) is 0. The molecule has 25 rings (SSSR count). The molecule has 0 radical (unpaired) electrons. The molecular weight excluding hydrogens is 1450 g/mol. The van der Waals surface area contributed by atoms with Crippen molar-refractivity contribution >= 4 is 98.0 Å². The van der Waals surface area contributed by atoms with Crippen LogP contribution in [0.3, 0.4) is 0 Å². The zero-order chi connectivity index (χ0) is 79.3. The van der Waals surface area contributed by atoms with Crippen molar-refractivity contribution < 1.29 is 0 Å². The molecule has 562 valence electrons. The second-order valence-corrected chi connectivity index (χ2v) is 33.0. The summed E-state index contributed by atoms with van der Waals surface area (Å²) in [5.41, 5.74) is 36.7. The first-order chi connectivity index (χ1) is 59.3.